The second-order valence-corrected chi connectivity index (χ2v) is 5.76. The lowest BCUT2D eigenvalue weighted by Crippen LogP contribution is -2.06. The van der Waals surface area contributed by atoms with Crippen molar-refractivity contribution in [1.82, 2.24) is 0 Å². The molecule has 0 atom stereocenters. The topological polar surface area (TPSA) is 17.1 Å². The first-order valence-electron chi connectivity index (χ1n) is 7.63. The van der Waals surface area contributed by atoms with Gasteiger partial charge in [0, 0.05) is 12.8 Å². The van der Waals surface area contributed by atoms with Gasteiger partial charge in [0.05, 0.1) is 0 Å². The molecule has 0 radical (unpaired) electrons. The van der Waals surface area contributed by atoms with Crippen LogP contribution in [-0.2, 0) is 11.2 Å². The Labute approximate surface area is 118 Å². The predicted molar refractivity (Wildman–Crippen MR) is 82.7 cm³/mol. The number of carbonyl (C=O) groups excluding carboxylic acids is 1. The van der Waals surface area contributed by atoms with E-state index in [9.17, 15) is 4.79 Å². The summed E-state index contributed by atoms with van der Waals surface area (Å²) < 4.78 is 0. The molecule has 1 heteroatoms. The second-order valence-electron chi connectivity index (χ2n) is 5.76. The van der Waals surface area contributed by atoms with Crippen LogP contribution in [0.2, 0.25) is 0 Å². The molecule has 1 rings (SSSR count). The van der Waals surface area contributed by atoms with E-state index >= 15 is 0 Å². The Kier molecular flexibility index (Phi) is 6.83. The third kappa shape index (κ3) is 5.59. The number of unbranched alkanes of at least 4 members (excludes halogenated alkanes) is 4. The summed E-state index contributed by atoms with van der Waals surface area (Å²) in [4.78, 5) is 12.0. The lowest BCUT2D eigenvalue weighted by atomic mass is 9.94. The van der Waals surface area contributed by atoms with Crippen LogP contribution in [0.4, 0.5) is 0 Å². The molecule has 0 aromatic heterocycles. The van der Waals surface area contributed by atoms with Crippen LogP contribution >= 0.6 is 0 Å². The van der Waals surface area contributed by atoms with Crippen LogP contribution in [0, 0.1) is 20.8 Å². The standard InChI is InChI=1S/C18H28O/c1-5-6-7-8-9-10-17(19)13-18-15(3)11-14(2)12-16(18)4/h11-12H,5-10,13H2,1-4H3. The largest absolute Gasteiger partial charge is 0.299 e. The van der Waals surface area contributed by atoms with Gasteiger partial charge in [-0.3, -0.25) is 4.79 Å². The summed E-state index contributed by atoms with van der Waals surface area (Å²) in [5.74, 6) is 0.395. The number of rotatable bonds is 8. The maximum absolute atomic E-state index is 12.0. The Morgan fingerprint density at radius 3 is 2.11 bits per heavy atom. The molecule has 0 spiro atoms. The van der Waals surface area contributed by atoms with Gasteiger partial charge in [-0.15, -0.1) is 0 Å². The molecule has 0 aliphatic heterocycles. The number of hydrogen-bond donors (Lipinski definition) is 0. The molecule has 0 amide bonds. The second kappa shape index (κ2) is 8.14. The van der Waals surface area contributed by atoms with Crippen LogP contribution < -0.4 is 0 Å². The number of ketones is 1. The third-order valence-corrected chi connectivity index (χ3v) is 3.77. The predicted octanol–water partition coefficient (Wildman–Crippen LogP) is 5.08. The zero-order valence-corrected chi connectivity index (χ0v) is 13.0. The molecular formula is C18H28O. The Morgan fingerprint density at radius 2 is 1.53 bits per heavy atom. The monoisotopic (exact) mass is 260 g/mol. The fraction of sp³-hybridized carbons (Fsp3) is 0.611. The summed E-state index contributed by atoms with van der Waals surface area (Å²) in [5.41, 5.74) is 5.04. The third-order valence-electron chi connectivity index (χ3n) is 3.77. The molecule has 0 heterocycles. The SMILES string of the molecule is CCCCCCCC(=O)Cc1c(C)cc(C)cc1C. The number of benzene rings is 1. The molecule has 0 fully saturated rings. The molecule has 0 N–H and O–H groups in total. The van der Waals surface area contributed by atoms with E-state index in [1.807, 2.05) is 0 Å². The number of carbonyl (C=O) groups is 1. The van der Waals surface area contributed by atoms with Crippen LogP contribution in [0.3, 0.4) is 0 Å². The van der Waals surface area contributed by atoms with E-state index in [1.54, 1.807) is 0 Å². The number of aryl methyl sites for hydroxylation is 3. The number of hydrogen-bond acceptors (Lipinski definition) is 1. The van der Waals surface area contributed by atoms with Crippen LogP contribution in [0.5, 0.6) is 0 Å². The van der Waals surface area contributed by atoms with Crippen molar-refractivity contribution in [3.8, 4) is 0 Å². The summed E-state index contributed by atoms with van der Waals surface area (Å²) in [6, 6.07) is 4.35. The van der Waals surface area contributed by atoms with Gasteiger partial charge in [0.2, 0.25) is 0 Å². The Morgan fingerprint density at radius 1 is 0.947 bits per heavy atom. The van der Waals surface area contributed by atoms with Gasteiger partial charge >= 0.3 is 0 Å². The molecule has 1 nitrogen and oxygen atoms in total. The van der Waals surface area contributed by atoms with Crippen LogP contribution in [-0.4, -0.2) is 5.78 Å². The van der Waals surface area contributed by atoms with E-state index < -0.39 is 0 Å². The highest BCUT2D eigenvalue weighted by atomic mass is 16.1. The first-order valence-corrected chi connectivity index (χ1v) is 7.63. The van der Waals surface area contributed by atoms with Crippen molar-refractivity contribution in [2.75, 3.05) is 0 Å². The van der Waals surface area contributed by atoms with Gasteiger partial charge in [-0.05, 0) is 43.9 Å². The molecule has 1 aromatic carbocycles. The quantitative estimate of drug-likeness (QED) is 0.595. The Bertz CT molecular complexity index is 395. The normalized spacial score (nSPS) is 10.7. The van der Waals surface area contributed by atoms with Crippen molar-refractivity contribution >= 4 is 5.78 Å². The lowest BCUT2D eigenvalue weighted by molar-refractivity contribution is -0.118. The van der Waals surface area contributed by atoms with Crippen molar-refractivity contribution in [2.24, 2.45) is 0 Å². The maximum atomic E-state index is 12.0. The molecule has 0 bridgehead atoms. The average molecular weight is 260 g/mol. The fourth-order valence-electron chi connectivity index (χ4n) is 2.70. The van der Waals surface area contributed by atoms with Crippen molar-refractivity contribution < 1.29 is 4.79 Å². The Balaban J connectivity index is 2.44. The van der Waals surface area contributed by atoms with Crippen molar-refractivity contribution in [2.45, 2.75) is 72.6 Å². The molecule has 0 unspecified atom stereocenters. The lowest BCUT2D eigenvalue weighted by Gasteiger charge is -2.10. The van der Waals surface area contributed by atoms with Crippen LogP contribution in [0.1, 0.15) is 67.7 Å². The summed E-state index contributed by atoms with van der Waals surface area (Å²) >= 11 is 0. The molecule has 106 valence electrons. The van der Waals surface area contributed by atoms with Gasteiger partial charge in [-0.2, -0.15) is 0 Å². The molecule has 19 heavy (non-hydrogen) atoms. The molecule has 0 saturated heterocycles. The highest BCUT2D eigenvalue weighted by Gasteiger charge is 2.09. The van der Waals surface area contributed by atoms with E-state index in [1.165, 1.54) is 47.9 Å². The van der Waals surface area contributed by atoms with Gasteiger partial charge in [0.1, 0.15) is 5.78 Å². The zero-order valence-electron chi connectivity index (χ0n) is 13.0. The van der Waals surface area contributed by atoms with Gasteiger partial charge in [-0.25, -0.2) is 0 Å². The summed E-state index contributed by atoms with van der Waals surface area (Å²) in [5, 5.41) is 0. The van der Waals surface area contributed by atoms with E-state index in [0.717, 1.165) is 12.8 Å². The van der Waals surface area contributed by atoms with Gasteiger partial charge in [0.15, 0.2) is 0 Å². The van der Waals surface area contributed by atoms with Crippen molar-refractivity contribution in [3.05, 3.63) is 34.4 Å². The van der Waals surface area contributed by atoms with E-state index in [0.29, 0.717) is 12.2 Å². The van der Waals surface area contributed by atoms with Crippen molar-refractivity contribution in [1.29, 1.82) is 0 Å². The maximum Gasteiger partial charge on any atom is 0.137 e. The fourth-order valence-corrected chi connectivity index (χ4v) is 2.70. The van der Waals surface area contributed by atoms with E-state index in [4.69, 9.17) is 0 Å². The first-order chi connectivity index (χ1) is 9.04. The molecular weight excluding hydrogens is 232 g/mol. The Hall–Kier alpha value is -1.11. The minimum absolute atomic E-state index is 0.395. The van der Waals surface area contributed by atoms with Gasteiger partial charge in [0.25, 0.3) is 0 Å². The minimum Gasteiger partial charge on any atom is -0.299 e. The average Bonchev–Trinajstić information content (AvgIpc) is 2.33. The number of Topliss-reactive ketones (excluding diaryl/α,β-unsaturated/α-hetero) is 1. The molecule has 1 aromatic rings. The zero-order chi connectivity index (χ0) is 14.3. The highest BCUT2D eigenvalue weighted by Crippen LogP contribution is 2.18. The minimum atomic E-state index is 0.395. The van der Waals surface area contributed by atoms with Gasteiger partial charge in [-0.1, -0.05) is 50.3 Å². The van der Waals surface area contributed by atoms with Crippen LogP contribution in [0.25, 0.3) is 0 Å². The summed E-state index contributed by atoms with van der Waals surface area (Å²) in [7, 11) is 0. The first kappa shape index (κ1) is 15.9. The summed E-state index contributed by atoms with van der Waals surface area (Å²) in [6.07, 6.45) is 7.45. The molecule has 0 aliphatic rings. The van der Waals surface area contributed by atoms with Crippen molar-refractivity contribution in [3.63, 3.8) is 0 Å². The van der Waals surface area contributed by atoms with Gasteiger partial charge < -0.3 is 0 Å². The molecule has 0 aliphatic carbocycles. The summed E-state index contributed by atoms with van der Waals surface area (Å²) in [6.45, 7) is 8.56. The smallest absolute Gasteiger partial charge is 0.137 e. The molecule has 0 saturated carbocycles. The van der Waals surface area contributed by atoms with Crippen LogP contribution in [0.15, 0.2) is 12.1 Å². The van der Waals surface area contributed by atoms with E-state index in [-0.39, 0.29) is 0 Å². The van der Waals surface area contributed by atoms with E-state index in [2.05, 4.69) is 39.8 Å². The highest BCUT2D eigenvalue weighted by molar-refractivity contribution is 5.81.